The summed E-state index contributed by atoms with van der Waals surface area (Å²) in [5.74, 6) is -11.0. The lowest BCUT2D eigenvalue weighted by atomic mass is 9.93. The van der Waals surface area contributed by atoms with E-state index in [1.807, 2.05) is 0 Å². The van der Waals surface area contributed by atoms with E-state index in [9.17, 15) is 31.6 Å². The average molecular weight is 489 g/mol. The van der Waals surface area contributed by atoms with Crippen molar-refractivity contribution < 1.29 is 26.3 Å². The minimum Gasteiger partial charge on any atom is -0.205 e. The molecular weight excluding hydrogens is 484 g/mol. The zero-order chi connectivity index (χ0) is 26.7. The fourth-order valence-electron chi connectivity index (χ4n) is 3.35. The van der Waals surface area contributed by atoms with Crippen LogP contribution in [-0.2, 0) is 0 Å². The first-order valence-corrected chi connectivity index (χ1v) is 9.39. The van der Waals surface area contributed by atoms with E-state index in [1.54, 1.807) is 12.1 Å². The SMILES string of the molecule is N#CC(C#N)=c1cc/c(=C(/C#N)c2c(F)c(F)c(C#N)c(F)c2F)c(-c2cc(F)c(C#N)c(F)c2)c1. The van der Waals surface area contributed by atoms with Gasteiger partial charge in [0.05, 0.1) is 11.1 Å². The maximum atomic E-state index is 14.7. The van der Waals surface area contributed by atoms with Crippen LogP contribution in [0.4, 0.5) is 26.3 Å². The Labute approximate surface area is 198 Å². The fourth-order valence-corrected chi connectivity index (χ4v) is 3.35. The highest BCUT2D eigenvalue weighted by molar-refractivity contribution is 5.83. The normalized spacial score (nSPS) is 10.8. The monoisotopic (exact) mass is 489 g/mol. The molecule has 0 aromatic heterocycles. The van der Waals surface area contributed by atoms with Crippen molar-refractivity contribution >= 4 is 11.1 Å². The second kappa shape index (κ2) is 9.74. The number of nitrogens with zero attached hydrogens (tertiary/aromatic N) is 5. The molecule has 0 unspecified atom stereocenters. The smallest absolute Gasteiger partial charge is 0.180 e. The largest absolute Gasteiger partial charge is 0.205 e. The summed E-state index contributed by atoms with van der Waals surface area (Å²) in [5.41, 5.74) is -6.33. The summed E-state index contributed by atoms with van der Waals surface area (Å²) < 4.78 is 86.7. The first kappa shape index (κ1) is 25.1. The predicted molar refractivity (Wildman–Crippen MR) is 110 cm³/mol. The van der Waals surface area contributed by atoms with Gasteiger partial charge in [-0.25, -0.2) is 26.3 Å². The van der Waals surface area contributed by atoms with Gasteiger partial charge in [-0.15, -0.1) is 0 Å². The first-order valence-electron chi connectivity index (χ1n) is 9.39. The van der Waals surface area contributed by atoms with Crippen LogP contribution in [-0.4, -0.2) is 0 Å². The number of rotatable bonds is 2. The van der Waals surface area contributed by atoms with E-state index in [0.717, 1.165) is 24.3 Å². The van der Waals surface area contributed by atoms with Crippen molar-refractivity contribution in [2.24, 2.45) is 0 Å². The quantitative estimate of drug-likeness (QED) is 0.400. The Morgan fingerprint density at radius 2 is 1.14 bits per heavy atom. The molecule has 0 fully saturated rings. The molecule has 5 nitrogen and oxygen atoms in total. The van der Waals surface area contributed by atoms with Gasteiger partial charge in [0.2, 0.25) is 0 Å². The molecule has 172 valence electrons. The van der Waals surface area contributed by atoms with E-state index in [0.29, 0.717) is 12.1 Å². The van der Waals surface area contributed by atoms with Crippen LogP contribution in [0, 0.1) is 91.6 Å². The van der Waals surface area contributed by atoms with Crippen LogP contribution in [0.15, 0.2) is 30.3 Å². The highest BCUT2D eigenvalue weighted by Crippen LogP contribution is 2.29. The Hall–Kier alpha value is -5.57. The number of benzene rings is 3. The highest BCUT2D eigenvalue weighted by Gasteiger charge is 2.28. The number of nitriles is 5. The molecule has 0 aliphatic carbocycles. The minimum atomic E-state index is -2.07. The maximum absolute atomic E-state index is 14.7. The molecule has 0 spiro atoms. The third-order valence-corrected chi connectivity index (χ3v) is 5.00. The molecule has 0 heterocycles. The van der Waals surface area contributed by atoms with Crippen LogP contribution >= 0.6 is 0 Å². The molecule has 11 heteroatoms. The number of hydrogen-bond acceptors (Lipinski definition) is 5. The summed E-state index contributed by atoms with van der Waals surface area (Å²) >= 11 is 0. The third kappa shape index (κ3) is 3.97. The Morgan fingerprint density at radius 1 is 0.611 bits per heavy atom. The average Bonchev–Trinajstić information content (AvgIpc) is 2.86. The molecule has 0 N–H and O–H groups in total. The van der Waals surface area contributed by atoms with Crippen molar-refractivity contribution in [2.75, 3.05) is 0 Å². The third-order valence-electron chi connectivity index (χ3n) is 5.00. The minimum absolute atomic E-state index is 0.126. The first-order chi connectivity index (χ1) is 17.1. The lowest BCUT2D eigenvalue weighted by Crippen LogP contribution is -2.19. The molecule has 0 saturated heterocycles. The topological polar surface area (TPSA) is 119 Å². The molecular formula is C25H5F6N5. The van der Waals surface area contributed by atoms with Crippen LogP contribution in [0.2, 0.25) is 0 Å². The second-order valence-corrected chi connectivity index (χ2v) is 6.89. The predicted octanol–water partition coefficient (Wildman–Crippen LogP) is 3.85. The highest BCUT2D eigenvalue weighted by atomic mass is 19.2. The van der Waals surface area contributed by atoms with Gasteiger partial charge < -0.3 is 0 Å². The summed E-state index contributed by atoms with van der Waals surface area (Å²) in [6, 6.07) is 11.1. The molecule has 0 aliphatic rings. The van der Waals surface area contributed by atoms with Gasteiger partial charge in [-0.1, -0.05) is 12.1 Å². The van der Waals surface area contributed by atoms with E-state index in [4.69, 9.17) is 21.0 Å². The van der Waals surface area contributed by atoms with E-state index in [-0.39, 0.29) is 10.8 Å². The van der Waals surface area contributed by atoms with Crippen LogP contribution in [0.25, 0.3) is 22.3 Å². The Kier molecular flexibility index (Phi) is 6.78. The standard InChI is InChI=1S/C25H5F6N5/c26-19-4-12(5-20(27)17(19)9-35)15-3-11(13(6-32)7-33)1-2-14(15)16(8-34)21-24(30)22(28)18(10-36)23(29)25(21)31/h1-5H/b16-14+. The molecule has 0 radical (unpaired) electrons. The van der Waals surface area contributed by atoms with E-state index in [2.05, 4.69) is 0 Å². The van der Waals surface area contributed by atoms with Crippen molar-refractivity contribution in [3.63, 3.8) is 0 Å². The van der Waals surface area contributed by atoms with Crippen molar-refractivity contribution in [1.29, 1.82) is 26.3 Å². The van der Waals surface area contributed by atoms with Crippen molar-refractivity contribution in [1.82, 2.24) is 0 Å². The summed E-state index contributed by atoms with van der Waals surface area (Å²) in [6.45, 7) is 0. The molecule has 0 aliphatic heterocycles. The van der Waals surface area contributed by atoms with Crippen LogP contribution in [0.3, 0.4) is 0 Å². The van der Waals surface area contributed by atoms with Gasteiger partial charge in [0.1, 0.15) is 58.7 Å². The van der Waals surface area contributed by atoms with Gasteiger partial charge in [0.15, 0.2) is 23.3 Å². The van der Waals surface area contributed by atoms with Crippen molar-refractivity contribution in [3.05, 3.63) is 92.4 Å². The maximum Gasteiger partial charge on any atom is 0.180 e. The second-order valence-electron chi connectivity index (χ2n) is 6.89. The van der Waals surface area contributed by atoms with Crippen LogP contribution < -0.4 is 10.4 Å². The van der Waals surface area contributed by atoms with E-state index < -0.39 is 73.5 Å². The number of halogens is 6. The molecule has 0 atom stereocenters. The van der Waals surface area contributed by atoms with E-state index in [1.165, 1.54) is 12.1 Å². The summed E-state index contributed by atoms with van der Waals surface area (Å²) in [6.07, 6.45) is 0. The molecule has 0 amide bonds. The molecule has 0 saturated carbocycles. The Balaban J connectivity index is 2.65. The molecule has 3 aromatic carbocycles. The molecule has 0 bridgehead atoms. The van der Waals surface area contributed by atoms with Crippen LogP contribution in [0.5, 0.6) is 0 Å². The molecule has 36 heavy (non-hydrogen) atoms. The van der Waals surface area contributed by atoms with Gasteiger partial charge in [0, 0.05) is 10.4 Å². The number of hydrogen-bond donors (Lipinski definition) is 0. The van der Waals surface area contributed by atoms with Crippen molar-refractivity contribution in [3.8, 4) is 41.5 Å². The Morgan fingerprint density at radius 3 is 1.58 bits per heavy atom. The molecule has 3 aromatic rings. The van der Waals surface area contributed by atoms with Gasteiger partial charge >= 0.3 is 0 Å². The zero-order valence-corrected chi connectivity index (χ0v) is 17.4. The Bertz CT molecular complexity index is 1740. The van der Waals surface area contributed by atoms with Gasteiger partial charge in [-0.3, -0.25) is 0 Å². The summed E-state index contributed by atoms with van der Waals surface area (Å²) in [7, 11) is 0. The van der Waals surface area contributed by atoms with Gasteiger partial charge in [-0.2, -0.15) is 26.3 Å². The zero-order valence-electron chi connectivity index (χ0n) is 17.4. The lowest BCUT2D eigenvalue weighted by Gasteiger charge is -2.11. The molecule has 3 rings (SSSR count). The van der Waals surface area contributed by atoms with Gasteiger partial charge in [-0.05, 0) is 29.3 Å². The summed E-state index contributed by atoms with van der Waals surface area (Å²) in [4.78, 5) is 0. The van der Waals surface area contributed by atoms with Crippen molar-refractivity contribution in [2.45, 2.75) is 0 Å². The van der Waals surface area contributed by atoms with Crippen LogP contribution in [0.1, 0.15) is 16.7 Å². The van der Waals surface area contributed by atoms with E-state index >= 15 is 0 Å². The fraction of sp³-hybridized carbons (Fsp3) is 0. The lowest BCUT2D eigenvalue weighted by molar-refractivity contribution is 0.447. The summed E-state index contributed by atoms with van der Waals surface area (Å²) in [5, 5.41) is 45.1. The van der Waals surface area contributed by atoms with Gasteiger partial charge in [0.25, 0.3) is 0 Å².